The highest BCUT2D eigenvalue weighted by Crippen LogP contribution is 2.30. The minimum absolute atomic E-state index is 0.122. The first-order valence-corrected chi connectivity index (χ1v) is 10.5. The second-order valence-corrected chi connectivity index (χ2v) is 7.64. The quantitative estimate of drug-likeness (QED) is 0.380. The van der Waals surface area contributed by atoms with E-state index in [2.05, 4.69) is 25.6 Å². The maximum atomic E-state index is 14.2. The molecule has 162 valence electrons. The number of ether oxygens (including phenoxy) is 1. The summed E-state index contributed by atoms with van der Waals surface area (Å²) in [6.45, 7) is 1.19. The van der Waals surface area contributed by atoms with E-state index in [-0.39, 0.29) is 18.3 Å². The van der Waals surface area contributed by atoms with Crippen molar-refractivity contribution in [2.24, 2.45) is 0 Å². The number of amides is 1. The Morgan fingerprint density at radius 3 is 2.88 bits per heavy atom. The molecule has 0 unspecified atom stereocenters. The van der Waals surface area contributed by atoms with Crippen LogP contribution in [0.2, 0.25) is 0 Å². The van der Waals surface area contributed by atoms with E-state index in [1.165, 1.54) is 6.07 Å². The van der Waals surface area contributed by atoms with E-state index < -0.39 is 0 Å². The number of carbonyl (C=O) groups is 1. The first-order chi connectivity index (χ1) is 15.7. The zero-order valence-corrected chi connectivity index (χ0v) is 17.3. The Morgan fingerprint density at radius 1 is 1.03 bits per heavy atom. The van der Waals surface area contributed by atoms with Gasteiger partial charge in [-0.05, 0) is 55.3 Å². The molecule has 3 N–H and O–H groups in total. The molecule has 5 rings (SSSR count). The van der Waals surface area contributed by atoms with Gasteiger partial charge >= 0.3 is 0 Å². The van der Waals surface area contributed by atoms with Crippen molar-refractivity contribution in [3.8, 4) is 11.3 Å². The lowest BCUT2D eigenvalue weighted by Crippen LogP contribution is -2.24. The number of rotatable bonds is 0. The lowest BCUT2D eigenvalue weighted by molar-refractivity contribution is 0.0946. The van der Waals surface area contributed by atoms with E-state index >= 15 is 0 Å². The van der Waals surface area contributed by atoms with Crippen LogP contribution in [0.15, 0.2) is 54.9 Å². The average Bonchev–Trinajstić information content (AvgIpc) is 3.29. The number of carbonyl (C=O) groups excluding carboxylic acids is 1. The van der Waals surface area contributed by atoms with Crippen molar-refractivity contribution in [3.63, 3.8) is 0 Å². The Balaban J connectivity index is 1.57. The summed E-state index contributed by atoms with van der Waals surface area (Å²) in [5, 5.41) is 6.95. The number of aromatic nitrogens is 3. The monoisotopic (exact) mass is 431 g/mol. The number of hydrogen-bond acceptors (Lipinski definition) is 5. The molecule has 3 heterocycles. The molecule has 6 bridgehead atoms. The normalized spacial score (nSPS) is 14.8. The number of fused-ring (bicyclic) bond motifs is 11. The number of benzene rings is 2. The van der Waals surface area contributed by atoms with Crippen molar-refractivity contribution < 1.29 is 13.9 Å². The molecular weight excluding hydrogens is 409 g/mol. The van der Waals surface area contributed by atoms with Gasteiger partial charge in [0.25, 0.3) is 5.91 Å². The number of hydrogen-bond donors (Lipinski definition) is 3. The summed E-state index contributed by atoms with van der Waals surface area (Å²) >= 11 is 0. The van der Waals surface area contributed by atoms with Gasteiger partial charge in [0.1, 0.15) is 5.82 Å². The molecule has 0 saturated heterocycles. The molecule has 0 aliphatic carbocycles. The van der Waals surface area contributed by atoms with E-state index in [0.29, 0.717) is 41.6 Å². The summed E-state index contributed by atoms with van der Waals surface area (Å²) in [6.07, 6.45) is 5.01. The van der Waals surface area contributed by atoms with Crippen LogP contribution in [0.3, 0.4) is 0 Å². The van der Waals surface area contributed by atoms with Crippen molar-refractivity contribution >= 4 is 28.4 Å². The van der Waals surface area contributed by atoms with Crippen LogP contribution in [0.4, 0.5) is 16.0 Å². The van der Waals surface area contributed by atoms with Crippen molar-refractivity contribution in [1.82, 2.24) is 20.3 Å². The second kappa shape index (κ2) is 8.76. The van der Waals surface area contributed by atoms with Crippen molar-refractivity contribution in [2.75, 3.05) is 18.5 Å². The van der Waals surface area contributed by atoms with Gasteiger partial charge in [-0.1, -0.05) is 0 Å². The molecule has 32 heavy (non-hydrogen) atoms. The second-order valence-electron chi connectivity index (χ2n) is 7.64. The Hall–Kier alpha value is -3.78. The topological polar surface area (TPSA) is 91.9 Å². The summed E-state index contributed by atoms with van der Waals surface area (Å²) in [6, 6.07) is 12.2. The van der Waals surface area contributed by atoms with Crippen LogP contribution in [-0.4, -0.2) is 34.0 Å². The van der Waals surface area contributed by atoms with Gasteiger partial charge in [-0.3, -0.25) is 4.79 Å². The molecule has 1 aliphatic rings. The number of nitrogens with zero attached hydrogens (tertiary/aromatic N) is 2. The zero-order chi connectivity index (χ0) is 21.9. The molecular formula is C24H22FN5O2. The molecule has 2 aromatic carbocycles. The fourth-order valence-electron chi connectivity index (χ4n) is 3.84. The van der Waals surface area contributed by atoms with Gasteiger partial charge in [0.05, 0.1) is 17.8 Å². The molecule has 8 heteroatoms. The predicted octanol–water partition coefficient (Wildman–Crippen LogP) is 4.55. The number of anilines is 2. The Morgan fingerprint density at radius 2 is 1.94 bits per heavy atom. The zero-order valence-electron chi connectivity index (χ0n) is 17.3. The lowest BCUT2D eigenvalue weighted by atomic mass is 10.0. The number of H-pyrrole nitrogens is 1. The first kappa shape index (κ1) is 20.1. The Labute approximate surface area is 184 Å². The van der Waals surface area contributed by atoms with Gasteiger partial charge in [0, 0.05) is 53.3 Å². The van der Waals surface area contributed by atoms with E-state index in [9.17, 15) is 9.18 Å². The van der Waals surface area contributed by atoms with Gasteiger partial charge in [0.15, 0.2) is 0 Å². The van der Waals surface area contributed by atoms with E-state index in [4.69, 9.17) is 4.74 Å². The SMILES string of the molecule is O=C1NCCCCOCc2cc(ccc2F)Nc2nccc(n2)-c2ccc1c1cc[nH]c21. The minimum atomic E-state index is -0.322. The number of aromatic amines is 1. The third-order valence-corrected chi connectivity index (χ3v) is 5.46. The fourth-order valence-corrected chi connectivity index (χ4v) is 3.84. The van der Waals surface area contributed by atoms with Crippen LogP contribution in [0, 0.1) is 5.82 Å². The highest BCUT2D eigenvalue weighted by molar-refractivity contribution is 6.09. The summed E-state index contributed by atoms with van der Waals surface area (Å²) in [4.78, 5) is 24.9. The Kier molecular flexibility index (Phi) is 5.51. The molecule has 0 fully saturated rings. The number of halogens is 1. The van der Waals surface area contributed by atoms with Crippen LogP contribution in [0.25, 0.3) is 22.2 Å². The molecule has 4 aromatic rings. The summed E-state index contributed by atoms with van der Waals surface area (Å²) in [5.41, 5.74) is 4.13. The maximum Gasteiger partial charge on any atom is 0.251 e. The lowest BCUT2D eigenvalue weighted by Gasteiger charge is -2.10. The molecule has 1 amide bonds. The first-order valence-electron chi connectivity index (χ1n) is 10.5. The van der Waals surface area contributed by atoms with E-state index in [0.717, 1.165) is 29.3 Å². The van der Waals surface area contributed by atoms with Gasteiger partial charge in [-0.15, -0.1) is 0 Å². The van der Waals surface area contributed by atoms with E-state index in [1.807, 2.05) is 30.5 Å². The molecule has 0 atom stereocenters. The van der Waals surface area contributed by atoms with Gasteiger partial charge < -0.3 is 20.4 Å². The third-order valence-electron chi connectivity index (χ3n) is 5.46. The smallest absolute Gasteiger partial charge is 0.251 e. The van der Waals surface area contributed by atoms with Crippen LogP contribution in [0.1, 0.15) is 28.8 Å². The summed E-state index contributed by atoms with van der Waals surface area (Å²) in [7, 11) is 0. The fraction of sp³-hybridized carbons (Fsp3) is 0.208. The molecule has 0 spiro atoms. The van der Waals surface area contributed by atoms with Crippen LogP contribution < -0.4 is 10.6 Å². The highest BCUT2D eigenvalue weighted by atomic mass is 19.1. The molecule has 0 radical (unpaired) electrons. The summed E-state index contributed by atoms with van der Waals surface area (Å²) in [5.74, 6) is -0.0547. The van der Waals surface area contributed by atoms with Gasteiger partial charge in [-0.25, -0.2) is 14.4 Å². The maximum absolute atomic E-state index is 14.2. The van der Waals surface area contributed by atoms with Crippen molar-refractivity contribution in [3.05, 3.63) is 71.8 Å². The summed E-state index contributed by atoms with van der Waals surface area (Å²) < 4.78 is 19.8. The van der Waals surface area contributed by atoms with Crippen molar-refractivity contribution in [1.29, 1.82) is 0 Å². The highest BCUT2D eigenvalue weighted by Gasteiger charge is 2.15. The van der Waals surface area contributed by atoms with Crippen molar-refractivity contribution in [2.45, 2.75) is 19.4 Å². The van der Waals surface area contributed by atoms with Crippen LogP contribution in [0.5, 0.6) is 0 Å². The van der Waals surface area contributed by atoms with Crippen LogP contribution in [-0.2, 0) is 11.3 Å². The largest absolute Gasteiger partial charge is 0.377 e. The molecule has 1 aliphatic heterocycles. The van der Waals surface area contributed by atoms with E-state index in [1.54, 1.807) is 18.3 Å². The van der Waals surface area contributed by atoms with Crippen LogP contribution >= 0.6 is 0 Å². The minimum Gasteiger partial charge on any atom is -0.377 e. The third kappa shape index (κ3) is 4.04. The molecule has 0 saturated carbocycles. The molecule has 2 aromatic heterocycles. The Bertz CT molecular complexity index is 1290. The predicted molar refractivity (Wildman–Crippen MR) is 120 cm³/mol. The molecule has 7 nitrogen and oxygen atoms in total. The van der Waals surface area contributed by atoms with Gasteiger partial charge in [0.2, 0.25) is 5.95 Å². The average molecular weight is 431 g/mol. The standard InChI is InChI=1S/C24H22FN5O2/c25-20-6-3-16-13-15(20)14-32-12-2-1-9-27-23(31)18-4-5-19(22-17(18)7-10-26-22)21-8-11-28-24(29-16)30-21/h3-8,10-11,13,26H,1-2,9,12,14H2,(H,27,31)(H,28,29,30). The number of nitrogens with one attached hydrogen (secondary N) is 3. The van der Waals surface area contributed by atoms with Gasteiger partial charge in [-0.2, -0.15) is 0 Å².